The highest BCUT2D eigenvalue weighted by molar-refractivity contribution is 5.83. The van der Waals surface area contributed by atoms with E-state index in [-0.39, 0.29) is 5.97 Å². The van der Waals surface area contributed by atoms with Crippen molar-refractivity contribution >= 4 is 5.97 Å². The van der Waals surface area contributed by atoms with Gasteiger partial charge >= 0.3 is 5.97 Å². The molecule has 0 aromatic heterocycles. The maximum atomic E-state index is 11.3. The van der Waals surface area contributed by atoms with Gasteiger partial charge in [-0.05, 0) is 43.4 Å². The highest BCUT2D eigenvalue weighted by atomic mass is 16.5. The number of ether oxygens (including phenoxy) is 2. The molecular weight excluding hydrogens is 228 g/mol. The Bertz CT molecular complexity index is 437. The molecule has 1 aliphatic rings. The van der Waals surface area contributed by atoms with Gasteiger partial charge in [-0.3, -0.25) is 0 Å². The number of methoxy groups -OCH3 is 1. The summed E-state index contributed by atoms with van der Waals surface area (Å²) in [6, 6.07) is 8.13. The van der Waals surface area contributed by atoms with Crippen LogP contribution in [0.4, 0.5) is 0 Å². The Labute approximate surface area is 107 Å². The number of esters is 1. The van der Waals surface area contributed by atoms with Gasteiger partial charge in [-0.15, -0.1) is 0 Å². The molecule has 0 amide bonds. The molecule has 0 radical (unpaired) electrons. The average molecular weight is 246 g/mol. The van der Waals surface area contributed by atoms with Crippen molar-refractivity contribution < 1.29 is 14.3 Å². The Hall–Kier alpha value is -1.77. The lowest BCUT2D eigenvalue weighted by molar-refractivity contribution is -0.137. The first kappa shape index (κ1) is 12.7. The minimum absolute atomic E-state index is 0.222. The van der Waals surface area contributed by atoms with Gasteiger partial charge in [-0.1, -0.05) is 17.7 Å². The maximum absolute atomic E-state index is 11.3. The molecule has 3 nitrogen and oxygen atoms in total. The van der Waals surface area contributed by atoms with E-state index in [4.69, 9.17) is 9.47 Å². The van der Waals surface area contributed by atoms with Crippen molar-refractivity contribution in [1.29, 1.82) is 0 Å². The molecule has 18 heavy (non-hydrogen) atoms. The van der Waals surface area contributed by atoms with E-state index in [1.54, 1.807) is 13.2 Å². The van der Waals surface area contributed by atoms with Crippen LogP contribution >= 0.6 is 0 Å². The molecule has 0 heterocycles. The molecule has 0 bridgehead atoms. The molecule has 96 valence electrons. The molecule has 1 saturated carbocycles. The molecule has 1 fully saturated rings. The molecule has 0 spiro atoms. The summed E-state index contributed by atoms with van der Waals surface area (Å²) in [5.74, 6) is 1.18. The smallest absolute Gasteiger partial charge is 0.330 e. The Balaban J connectivity index is 1.90. The number of carbonyl (C=O) groups is 1. The van der Waals surface area contributed by atoms with Crippen molar-refractivity contribution in [2.75, 3.05) is 13.7 Å². The van der Waals surface area contributed by atoms with Gasteiger partial charge in [0.15, 0.2) is 0 Å². The lowest BCUT2D eigenvalue weighted by atomic mass is 9.75. The number of hydrogen-bond donors (Lipinski definition) is 0. The molecule has 0 atom stereocenters. The number of carbonyl (C=O) groups excluding carboxylic acids is 1. The molecule has 1 aromatic rings. The van der Waals surface area contributed by atoms with E-state index < -0.39 is 0 Å². The zero-order valence-electron chi connectivity index (χ0n) is 10.8. The monoisotopic (exact) mass is 246 g/mol. The van der Waals surface area contributed by atoms with Crippen LogP contribution < -0.4 is 4.74 Å². The predicted octanol–water partition coefficient (Wildman–Crippen LogP) is 3.06. The zero-order chi connectivity index (χ0) is 13.0. The van der Waals surface area contributed by atoms with Crippen molar-refractivity contribution in [3.05, 3.63) is 41.5 Å². The minimum Gasteiger partial charge on any atom is -0.497 e. The molecule has 0 aliphatic heterocycles. The fourth-order valence-corrected chi connectivity index (χ4v) is 2.15. The van der Waals surface area contributed by atoms with Crippen LogP contribution in [0.25, 0.3) is 0 Å². The van der Waals surface area contributed by atoms with Gasteiger partial charge in [0.2, 0.25) is 0 Å². The van der Waals surface area contributed by atoms with Gasteiger partial charge in [-0.25, -0.2) is 4.79 Å². The molecule has 1 aromatic carbocycles. The van der Waals surface area contributed by atoms with Crippen molar-refractivity contribution in [3.63, 3.8) is 0 Å². The van der Waals surface area contributed by atoms with Crippen molar-refractivity contribution in [2.45, 2.75) is 25.7 Å². The maximum Gasteiger partial charge on any atom is 0.330 e. The Morgan fingerprint density at radius 2 is 2.00 bits per heavy atom. The summed E-state index contributed by atoms with van der Waals surface area (Å²) in [6.45, 7) is 2.25. The molecule has 0 saturated heterocycles. The first-order valence-electron chi connectivity index (χ1n) is 6.23. The predicted molar refractivity (Wildman–Crippen MR) is 69.7 cm³/mol. The SMILES string of the molecule is CCOC(=O)C=C1CC(c2ccc(OC)cc2)C1. The van der Waals surface area contributed by atoms with Crippen LogP contribution in [0.3, 0.4) is 0 Å². The minimum atomic E-state index is -0.222. The number of benzene rings is 1. The van der Waals surface area contributed by atoms with Gasteiger partial charge in [0.05, 0.1) is 13.7 Å². The van der Waals surface area contributed by atoms with E-state index in [9.17, 15) is 4.79 Å². The fourth-order valence-electron chi connectivity index (χ4n) is 2.15. The summed E-state index contributed by atoms with van der Waals surface area (Å²) in [5.41, 5.74) is 2.48. The largest absolute Gasteiger partial charge is 0.497 e. The summed E-state index contributed by atoms with van der Waals surface area (Å²) in [6.07, 6.45) is 3.53. The van der Waals surface area contributed by atoms with E-state index in [1.165, 1.54) is 11.1 Å². The summed E-state index contributed by atoms with van der Waals surface area (Å²) in [4.78, 5) is 11.3. The van der Waals surface area contributed by atoms with Crippen LogP contribution in [0.15, 0.2) is 35.9 Å². The first-order valence-corrected chi connectivity index (χ1v) is 6.23. The van der Waals surface area contributed by atoms with Gasteiger partial charge in [0, 0.05) is 6.08 Å². The van der Waals surface area contributed by atoms with E-state index in [1.807, 2.05) is 19.1 Å². The van der Waals surface area contributed by atoms with Crippen LogP contribution in [-0.2, 0) is 9.53 Å². The fraction of sp³-hybridized carbons (Fsp3) is 0.400. The van der Waals surface area contributed by atoms with Gasteiger partial charge < -0.3 is 9.47 Å². The Kier molecular flexibility index (Phi) is 4.03. The second-order valence-electron chi connectivity index (χ2n) is 4.43. The third-order valence-electron chi connectivity index (χ3n) is 3.21. The van der Waals surface area contributed by atoms with Crippen molar-refractivity contribution in [2.24, 2.45) is 0 Å². The molecule has 0 N–H and O–H groups in total. The van der Waals surface area contributed by atoms with Crippen molar-refractivity contribution in [1.82, 2.24) is 0 Å². The number of rotatable bonds is 4. The standard InChI is InChI=1S/C15H18O3/c1-3-18-15(16)10-11-8-13(9-11)12-4-6-14(17-2)7-5-12/h4-7,10,13H,3,8-9H2,1-2H3. The number of allylic oxidation sites excluding steroid dienone is 1. The quantitative estimate of drug-likeness (QED) is 0.605. The summed E-state index contributed by atoms with van der Waals surface area (Å²) < 4.78 is 10.0. The molecule has 3 heteroatoms. The zero-order valence-corrected chi connectivity index (χ0v) is 10.8. The van der Waals surface area contributed by atoms with Gasteiger partial charge in [-0.2, -0.15) is 0 Å². The van der Waals surface area contributed by atoms with Crippen LogP contribution in [0, 0.1) is 0 Å². The summed E-state index contributed by atoms with van der Waals surface area (Å²) in [7, 11) is 1.67. The lowest BCUT2D eigenvalue weighted by Gasteiger charge is -2.29. The summed E-state index contributed by atoms with van der Waals surface area (Å²) in [5, 5.41) is 0. The van der Waals surface area contributed by atoms with E-state index in [0.717, 1.165) is 18.6 Å². The highest BCUT2D eigenvalue weighted by Gasteiger charge is 2.25. The van der Waals surface area contributed by atoms with Crippen LogP contribution in [-0.4, -0.2) is 19.7 Å². The van der Waals surface area contributed by atoms with E-state index >= 15 is 0 Å². The second-order valence-corrected chi connectivity index (χ2v) is 4.43. The molecule has 1 aliphatic carbocycles. The Morgan fingerprint density at radius 1 is 1.33 bits per heavy atom. The third kappa shape index (κ3) is 2.92. The Morgan fingerprint density at radius 3 is 2.56 bits per heavy atom. The van der Waals surface area contributed by atoms with E-state index in [0.29, 0.717) is 12.5 Å². The molecular formula is C15H18O3. The molecule has 2 rings (SSSR count). The average Bonchev–Trinajstić information content (AvgIpc) is 2.34. The van der Waals surface area contributed by atoms with Crippen molar-refractivity contribution in [3.8, 4) is 5.75 Å². The van der Waals surface area contributed by atoms with Gasteiger partial charge in [0.25, 0.3) is 0 Å². The van der Waals surface area contributed by atoms with Gasteiger partial charge in [0.1, 0.15) is 5.75 Å². The third-order valence-corrected chi connectivity index (χ3v) is 3.21. The second kappa shape index (κ2) is 5.71. The summed E-state index contributed by atoms with van der Waals surface area (Å²) >= 11 is 0. The normalized spacial score (nSPS) is 17.9. The van der Waals surface area contributed by atoms with Crippen LogP contribution in [0.5, 0.6) is 5.75 Å². The van der Waals surface area contributed by atoms with Crippen LogP contribution in [0.2, 0.25) is 0 Å². The first-order chi connectivity index (χ1) is 8.72. The lowest BCUT2D eigenvalue weighted by Crippen LogP contribution is -2.14. The van der Waals surface area contributed by atoms with E-state index in [2.05, 4.69) is 12.1 Å². The number of hydrogen-bond acceptors (Lipinski definition) is 3. The highest BCUT2D eigenvalue weighted by Crippen LogP contribution is 2.41. The topological polar surface area (TPSA) is 35.5 Å². The molecule has 0 unspecified atom stereocenters. The van der Waals surface area contributed by atoms with Crippen LogP contribution in [0.1, 0.15) is 31.2 Å².